The van der Waals surface area contributed by atoms with E-state index in [9.17, 15) is 4.79 Å². The first-order chi connectivity index (χ1) is 6.15. The van der Waals surface area contributed by atoms with Crippen molar-refractivity contribution in [1.82, 2.24) is 0 Å². The number of nitrogens with two attached hydrogens (primary N) is 1. The standard InChI is InChI=1S/C10H17NO2/c11-9-4-6-1-7(5-9)3-8(2-6)10(12)13/h6-9H,1-5,11H2,(H,12,13)/t6-,7+,8?,9?. The summed E-state index contributed by atoms with van der Waals surface area (Å²) in [6.07, 6.45) is 5.02. The molecule has 0 aliphatic heterocycles. The van der Waals surface area contributed by atoms with Gasteiger partial charge in [0.15, 0.2) is 0 Å². The number of fused-ring (bicyclic) bond motifs is 2. The molecule has 2 fully saturated rings. The second-order valence-corrected chi connectivity index (χ2v) is 4.71. The Morgan fingerprint density at radius 1 is 1.08 bits per heavy atom. The van der Waals surface area contributed by atoms with Gasteiger partial charge in [-0.15, -0.1) is 0 Å². The molecule has 4 atom stereocenters. The number of carboxylic acid groups (broad SMARTS) is 1. The summed E-state index contributed by atoms with van der Waals surface area (Å²) in [6.45, 7) is 0. The lowest BCUT2D eigenvalue weighted by Crippen LogP contribution is -2.39. The number of hydrogen-bond acceptors (Lipinski definition) is 2. The Hall–Kier alpha value is -0.570. The molecule has 74 valence electrons. The molecule has 13 heavy (non-hydrogen) atoms. The molecule has 0 aromatic carbocycles. The average molecular weight is 183 g/mol. The molecule has 3 N–H and O–H groups in total. The van der Waals surface area contributed by atoms with Crippen LogP contribution in [0.2, 0.25) is 0 Å². The number of aliphatic carboxylic acids is 1. The van der Waals surface area contributed by atoms with Gasteiger partial charge in [0.1, 0.15) is 0 Å². The first-order valence-electron chi connectivity index (χ1n) is 5.13. The Bertz CT molecular complexity index is 199. The molecule has 0 aromatic rings. The predicted octanol–water partition coefficient (Wildman–Crippen LogP) is 1.22. The zero-order valence-corrected chi connectivity index (χ0v) is 7.78. The van der Waals surface area contributed by atoms with E-state index < -0.39 is 5.97 Å². The highest BCUT2D eigenvalue weighted by Gasteiger charge is 2.37. The Morgan fingerprint density at radius 3 is 2.08 bits per heavy atom. The highest BCUT2D eigenvalue weighted by Crippen LogP contribution is 2.42. The van der Waals surface area contributed by atoms with Crippen LogP contribution in [0.5, 0.6) is 0 Å². The molecule has 2 bridgehead atoms. The molecule has 2 aliphatic carbocycles. The first-order valence-corrected chi connectivity index (χ1v) is 5.13. The van der Waals surface area contributed by atoms with Gasteiger partial charge in [0, 0.05) is 6.04 Å². The van der Waals surface area contributed by atoms with Crippen LogP contribution in [0.25, 0.3) is 0 Å². The van der Waals surface area contributed by atoms with Crippen molar-refractivity contribution in [2.45, 2.75) is 38.1 Å². The smallest absolute Gasteiger partial charge is 0.306 e. The lowest BCUT2D eigenvalue weighted by molar-refractivity contribution is -0.144. The molecule has 2 aliphatic rings. The second kappa shape index (κ2) is 3.29. The zero-order chi connectivity index (χ0) is 9.42. The monoisotopic (exact) mass is 183 g/mol. The van der Waals surface area contributed by atoms with E-state index in [2.05, 4.69) is 0 Å². The van der Waals surface area contributed by atoms with Gasteiger partial charge >= 0.3 is 5.97 Å². The summed E-state index contributed by atoms with van der Waals surface area (Å²) in [4.78, 5) is 10.8. The van der Waals surface area contributed by atoms with Crippen molar-refractivity contribution in [2.75, 3.05) is 0 Å². The Balaban J connectivity index is 2.01. The maximum Gasteiger partial charge on any atom is 0.306 e. The van der Waals surface area contributed by atoms with E-state index in [1.807, 2.05) is 0 Å². The van der Waals surface area contributed by atoms with E-state index in [1.165, 1.54) is 6.42 Å². The van der Waals surface area contributed by atoms with Gasteiger partial charge in [-0.1, -0.05) is 0 Å². The molecular formula is C10H17NO2. The molecule has 3 nitrogen and oxygen atoms in total. The van der Waals surface area contributed by atoms with Crippen molar-refractivity contribution in [3.05, 3.63) is 0 Å². The van der Waals surface area contributed by atoms with Crippen molar-refractivity contribution in [2.24, 2.45) is 23.5 Å². The summed E-state index contributed by atoms with van der Waals surface area (Å²) in [5, 5.41) is 8.93. The summed E-state index contributed by atoms with van der Waals surface area (Å²) in [7, 11) is 0. The maximum absolute atomic E-state index is 10.8. The zero-order valence-electron chi connectivity index (χ0n) is 7.78. The Labute approximate surface area is 78.3 Å². The van der Waals surface area contributed by atoms with Gasteiger partial charge in [0.25, 0.3) is 0 Å². The fraction of sp³-hybridized carbons (Fsp3) is 0.900. The minimum atomic E-state index is -0.606. The predicted molar refractivity (Wildman–Crippen MR) is 49.2 cm³/mol. The van der Waals surface area contributed by atoms with Gasteiger partial charge in [-0.2, -0.15) is 0 Å². The number of hydrogen-bond donors (Lipinski definition) is 2. The van der Waals surface area contributed by atoms with Crippen molar-refractivity contribution in [1.29, 1.82) is 0 Å². The largest absolute Gasteiger partial charge is 0.481 e. The molecule has 0 heterocycles. The number of rotatable bonds is 1. The molecule has 2 unspecified atom stereocenters. The lowest BCUT2D eigenvalue weighted by atomic mass is 9.67. The van der Waals surface area contributed by atoms with Crippen LogP contribution in [-0.4, -0.2) is 17.1 Å². The summed E-state index contributed by atoms with van der Waals surface area (Å²) >= 11 is 0. The van der Waals surface area contributed by atoms with Crippen molar-refractivity contribution < 1.29 is 9.90 Å². The molecular weight excluding hydrogens is 166 g/mol. The third-order valence-electron chi connectivity index (χ3n) is 3.52. The Kier molecular flexibility index (Phi) is 2.28. The third-order valence-corrected chi connectivity index (χ3v) is 3.52. The quantitative estimate of drug-likeness (QED) is 0.642. The fourth-order valence-electron chi connectivity index (χ4n) is 3.10. The highest BCUT2D eigenvalue weighted by molar-refractivity contribution is 5.70. The molecule has 0 spiro atoms. The van der Waals surface area contributed by atoms with E-state index in [1.54, 1.807) is 0 Å². The molecule has 0 aromatic heterocycles. The number of carbonyl (C=O) groups is 1. The van der Waals surface area contributed by atoms with Crippen LogP contribution in [0.1, 0.15) is 32.1 Å². The van der Waals surface area contributed by atoms with Crippen LogP contribution in [-0.2, 0) is 4.79 Å². The summed E-state index contributed by atoms with van der Waals surface area (Å²) in [6, 6.07) is 0.332. The van der Waals surface area contributed by atoms with Crippen LogP contribution >= 0.6 is 0 Å². The topological polar surface area (TPSA) is 63.3 Å². The summed E-state index contributed by atoms with van der Waals surface area (Å²) in [5.74, 6) is 0.480. The minimum Gasteiger partial charge on any atom is -0.481 e. The fourth-order valence-corrected chi connectivity index (χ4v) is 3.10. The van der Waals surface area contributed by atoms with Crippen molar-refractivity contribution >= 4 is 5.97 Å². The van der Waals surface area contributed by atoms with Crippen LogP contribution in [0.4, 0.5) is 0 Å². The molecule has 0 radical (unpaired) electrons. The van der Waals surface area contributed by atoms with Crippen LogP contribution in [0.15, 0.2) is 0 Å². The van der Waals surface area contributed by atoms with Crippen LogP contribution in [0.3, 0.4) is 0 Å². The van der Waals surface area contributed by atoms with Gasteiger partial charge in [0.2, 0.25) is 0 Å². The van der Waals surface area contributed by atoms with E-state index >= 15 is 0 Å². The summed E-state index contributed by atoms with van der Waals surface area (Å²) < 4.78 is 0. The van der Waals surface area contributed by atoms with E-state index in [4.69, 9.17) is 10.8 Å². The van der Waals surface area contributed by atoms with Gasteiger partial charge < -0.3 is 10.8 Å². The lowest BCUT2D eigenvalue weighted by Gasteiger charge is -2.40. The molecule has 3 heteroatoms. The Morgan fingerprint density at radius 2 is 1.62 bits per heavy atom. The molecule has 2 rings (SSSR count). The normalized spacial score (nSPS) is 44.4. The van der Waals surface area contributed by atoms with Gasteiger partial charge in [-0.05, 0) is 43.9 Å². The van der Waals surface area contributed by atoms with Gasteiger partial charge in [0.05, 0.1) is 5.92 Å². The van der Waals surface area contributed by atoms with Crippen LogP contribution in [0, 0.1) is 17.8 Å². The first kappa shape index (κ1) is 9.00. The van der Waals surface area contributed by atoms with E-state index in [0.29, 0.717) is 17.9 Å². The van der Waals surface area contributed by atoms with Gasteiger partial charge in [-0.25, -0.2) is 0 Å². The van der Waals surface area contributed by atoms with Crippen molar-refractivity contribution in [3.63, 3.8) is 0 Å². The molecule has 2 saturated carbocycles. The average Bonchev–Trinajstić information content (AvgIpc) is 2.01. The van der Waals surface area contributed by atoms with E-state index in [0.717, 1.165) is 25.7 Å². The van der Waals surface area contributed by atoms with Crippen molar-refractivity contribution in [3.8, 4) is 0 Å². The second-order valence-electron chi connectivity index (χ2n) is 4.71. The van der Waals surface area contributed by atoms with Crippen LogP contribution < -0.4 is 5.73 Å². The summed E-state index contributed by atoms with van der Waals surface area (Å²) in [5.41, 5.74) is 5.90. The highest BCUT2D eigenvalue weighted by atomic mass is 16.4. The van der Waals surface area contributed by atoms with E-state index in [-0.39, 0.29) is 5.92 Å². The SMILES string of the molecule is NC1C[C@@H]2CC(C(=O)O)C[C@H](C1)C2. The maximum atomic E-state index is 10.8. The molecule has 0 saturated heterocycles. The van der Waals surface area contributed by atoms with Gasteiger partial charge in [-0.3, -0.25) is 4.79 Å². The number of carboxylic acids is 1. The minimum absolute atomic E-state index is 0.0868. The third kappa shape index (κ3) is 1.85. The molecule has 0 amide bonds.